The highest BCUT2D eigenvalue weighted by Gasteiger charge is 2.09. The molecule has 3 N–H and O–H groups in total. The minimum atomic E-state index is -0.321. The van der Waals surface area contributed by atoms with Gasteiger partial charge in [-0.3, -0.25) is 4.79 Å². The van der Waals surface area contributed by atoms with Crippen LogP contribution < -0.4 is 15.8 Å². The highest BCUT2D eigenvalue weighted by atomic mass is 19.1. The third kappa shape index (κ3) is 3.72. The van der Waals surface area contributed by atoms with Crippen LogP contribution in [0.1, 0.15) is 11.1 Å². The van der Waals surface area contributed by atoms with Crippen molar-refractivity contribution in [2.45, 2.75) is 13.8 Å². The van der Waals surface area contributed by atoms with Gasteiger partial charge in [0.15, 0.2) is 6.61 Å². The lowest BCUT2D eigenvalue weighted by molar-refractivity contribution is -0.118. The quantitative estimate of drug-likeness (QED) is 0.850. The molecular weight excluding hydrogens is 271 g/mol. The Bertz CT molecular complexity index is 651. The van der Waals surface area contributed by atoms with Gasteiger partial charge in [-0.2, -0.15) is 0 Å². The standard InChI is InChI=1S/C16H17FN2O2/c1-10-4-3-5-14(18)16(10)19-15(20)9-21-12-6-7-13(17)11(2)8-12/h3-8H,9,18H2,1-2H3,(H,19,20). The van der Waals surface area contributed by atoms with E-state index in [9.17, 15) is 9.18 Å². The number of amides is 1. The number of halogens is 1. The number of hydrogen-bond acceptors (Lipinski definition) is 3. The molecule has 0 unspecified atom stereocenters. The molecule has 0 aliphatic carbocycles. The second-order valence-corrected chi connectivity index (χ2v) is 4.79. The van der Waals surface area contributed by atoms with Gasteiger partial charge in [-0.25, -0.2) is 4.39 Å². The summed E-state index contributed by atoms with van der Waals surface area (Å²) in [4.78, 5) is 11.9. The topological polar surface area (TPSA) is 64.3 Å². The molecule has 0 heterocycles. The summed E-state index contributed by atoms with van der Waals surface area (Å²) in [6, 6.07) is 9.73. The summed E-state index contributed by atoms with van der Waals surface area (Å²) in [7, 11) is 0. The number of nitrogens with two attached hydrogens (primary N) is 1. The maximum atomic E-state index is 13.1. The number of hydrogen-bond donors (Lipinski definition) is 2. The predicted molar refractivity (Wildman–Crippen MR) is 80.9 cm³/mol. The van der Waals surface area contributed by atoms with Gasteiger partial charge in [-0.05, 0) is 49.2 Å². The third-order valence-corrected chi connectivity index (χ3v) is 3.07. The molecule has 0 spiro atoms. The summed E-state index contributed by atoms with van der Waals surface area (Å²) in [6.07, 6.45) is 0. The average molecular weight is 288 g/mol. The van der Waals surface area contributed by atoms with E-state index in [0.717, 1.165) is 5.56 Å². The Hall–Kier alpha value is -2.56. The SMILES string of the molecule is Cc1cc(OCC(=O)Nc2c(C)cccc2N)ccc1F. The molecule has 0 aliphatic heterocycles. The molecule has 0 atom stereocenters. The van der Waals surface area contributed by atoms with Gasteiger partial charge in [-0.15, -0.1) is 0 Å². The molecule has 110 valence electrons. The Kier molecular flexibility index (Phi) is 4.42. The van der Waals surface area contributed by atoms with Crippen LogP contribution in [-0.4, -0.2) is 12.5 Å². The van der Waals surface area contributed by atoms with E-state index in [4.69, 9.17) is 10.5 Å². The summed E-state index contributed by atoms with van der Waals surface area (Å²) >= 11 is 0. The first-order valence-corrected chi connectivity index (χ1v) is 6.51. The second-order valence-electron chi connectivity index (χ2n) is 4.79. The number of nitrogen functional groups attached to an aromatic ring is 1. The number of nitrogens with one attached hydrogen (secondary N) is 1. The minimum Gasteiger partial charge on any atom is -0.484 e. The molecule has 0 bridgehead atoms. The molecule has 1 amide bonds. The molecule has 0 aliphatic rings. The van der Waals surface area contributed by atoms with Gasteiger partial charge in [0.25, 0.3) is 5.91 Å². The van der Waals surface area contributed by atoms with Crippen molar-refractivity contribution in [3.05, 3.63) is 53.3 Å². The van der Waals surface area contributed by atoms with Gasteiger partial charge in [-0.1, -0.05) is 12.1 Å². The van der Waals surface area contributed by atoms with E-state index < -0.39 is 0 Å². The first kappa shape index (κ1) is 14.8. The smallest absolute Gasteiger partial charge is 0.262 e. The van der Waals surface area contributed by atoms with Crippen molar-refractivity contribution in [3.63, 3.8) is 0 Å². The minimum absolute atomic E-state index is 0.168. The maximum absolute atomic E-state index is 13.1. The summed E-state index contributed by atoms with van der Waals surface area (Å²) in [6.45, 7) is 3.32. The van der Waals surface area contributed by atoms with E-state index in [1.807, 2.05) is 19.1 Å². The van der Waals surface area contributed by atoms with Crippen LogP contribution in [0.5, 0.6) is 5.75 Å². The zero-order chi connectivity index (χ0) is 15.4. The fraction of sp³-hybridized carbons (Fsp3) is 0.188. The Morgan fingerprint density at radius 1 is 1.24 bits per heavy atom. The fourth-order valence-electron chi connectivity index (χ4n) is 1.89. The van der Waals surface area contributed by atoms with Crippen molar-refractivity contribution < 1.29 is 13.9 Å². The van der Waals surface area contributed by atoms with Gasteiger partial charge in [0.05, 0.1) is 11.4 Å². The van der Waals surface area contributed by atoms with Crippen LogP contribution in [0.2, 0.25) is 0 Å². The molecular formula is C16H17FN2O2. The number of ether oxygens (including phenoxy) is 1. The Labute approximate surface area is 122 Å². The summed E-state index contributed by atoms with van der Waals surface area (Å²) in [5.74, 6) is -0.181. The summed E-state index contributed by atoms with van der Waals surface area (Å²) < 4.78 is 18.5. The van der Waals surface area contributed by atoms with Gasteiger partial charge < -0.3 is 15.8 Å². The molecule has 0 aromatic heterocycles. The third-order valence-electron chi connectivity index (χ3n) is 3.07. The largest absolute Gasteiger partial charge is 0.484 e. The van der Waals surface area contributed by atoms with Crippen LogP contribution in [0.15, 0.2) is 36.4 Å². The first-order chi connectivity index (χ1) is 9.97. The van der Waals surface area contributed by atoms with E-state index in [1.54, 1.807) is 19.1 Å². The van der Waals surface area contributed by atoms with Crippen LogP contribution in [-0.2, 0) is 4.79 Å². The van der Waals surface area contributed by atoms with Crippen molar-refractivity contribution in [3.8, 4) is 5.75 Å². The maximum Gasteiger partial charge on any atom is 0.262 e. The van der Waals surface area contributed by atoms with Crippen LogP contribution in [0.25, 0.3) is 0 Å². The number of carbonyl (C=O) groups excluding carboxylic acids is 1. The van der Waals surface area contributed by atoms with Crippen LogP contribution >= 0.6 is 0 Å². The van der Waals surface area contributed by atoms with E-state index in [1.165, 1.54) is 12.1 Å². The zero-order valence-corrected chi connectivity index (χ0v) is 11.9. The Balaban J connectivity index is 1.97. The van der Waals surface area contributed by atoms with Crippen molar-refractivity contribution in [1.82, 2.24) is 0 Å². The van der Waals surface area contributed by atoms with E-state index in [-0.39, 0.29) is 18.3 Å². The fourth-order valence-corrected chi connectivity index (χ4v) is 1.89. The Morgan fingerprint density at radius 2 is 2.00 bits per heavy atom. The number of benzene rings is 2. The number of carbonyl (C=O) groups is 1. The normalized spacial score (nSPS) is 10.2. The lowest BCUT2D eigenvalue weighted by Crippen LogP contribution is -2.21. The molecule has 2 rings (SSSR count). The summed E-state index contributed by atoms with van der Waals surface area (Å²) in [5.41, 5.74) is 8.25. The molecule has 2 aromatic rings. The molecule has 2 aromatic carbocycles. The number of rotatable bonds is 4. The van der Waals surface area contributed by atoms with Crippen molar-refractivity contribution in [2.75, 3.05) is 17.7 Å². The van der Waals surface area contributed by atoms with E-state index >= 15 is 0 Å². The van der Waals surface area contributed by atoms with Crippen LogP contribution in [0.3, 0.4) is 0 Å². The molecule has 4 nitrogen and oxygen atoms in total. The highest BCUT2D eigenvalue weighted by molar-refractivity contribution is 5.95. The number of para-hydroxylation sites is 1. The predicted octanol–water partition coefficient (Wildman–Crippen LogP) is 3.04. The van der Waals surface area contributed by atoms with Crippen molar-refractivity contribution >= 4 is 17.3 Å². The van der Waals surface area contributed by atoms with Gasteiger partial charge in [0.1, 0.15) is 11.6 Å². The molecule has 5 heteroatoms. The van der Waals surface area contributed by atoms with Crippen LogP contribution in [0.4, 0.5) is 15.8 Å². The second kappa shape index (κ2) is 6.26. The van der Waals surface area contributed by atoms with Gasteiger partial charge in [0.2, 0.25) is 0 Å². The van der Waals surface area contributed by atoms with Crippen molar-refractivity contribution in [1.29, 1.82) is 0 Å². The summed E-state index contributed by atoms with van der Waals surface area (Å²) in [5, 5.41) is 2.71. The molecule has 0 saturated carbocycles. The van der Waals surface area contributed by atoms with Crippen LogP contribution in [0, 0.1) is 19.7 Å². The number of anilines is 2. The lowest BCUT2D eigenvalue weighted by Gasteiger charge is -2.12. The van der Waals surface area contributed by atoms with Gasteiger partial charge in [0, 0.05) is 0 Å². The van der Waals surface area contributed by atoms with E-state index in [0.29, 0.717) is 22.7 Å². The average Bonchev–Trinajstić information content (AvgIpc) is 2.44. The first-order valence-electron chi connectivity index (χ1n) is 6.51. The van der Waals surface area contributed by atoms with E-state index in [2.05, 4.69) is 5.32 Å². The Morgan fingerprint density at radius 3 is 2.67 bits per heavy atom. The lowest BCUT2D eigenvalue weighted by atomic mass is 10.1. The van der Waals surface area contributed by atoms with Crippen molar-refractivity contribution in [2.24, 2.45) is 0 Å². The molecule has 0 fully saturated rings. The molecule has 21 heavy (non-hydrogen) atoms. The van der Waals surface area contributed by atoms with Gasteiger partial charge >= 0.3 is 0 Å². The monoisotopic (exact) mass is 288 g/mol. The molecule has 0 saturated heterocycles. The number of aryl methyl sites for hydroxylation is 2. The molecule has 0 radical (unpaired) electrons. The highest BCUT2D eigenvalue weighted by Crippen LogP contribution is 2.22. The zero-order valence-electron chi connectivity index (χ0n) is 11.9.